The van der Waals surface area contributed by atoms with E-state index in [9.17, 15) is 0 Å². The number of rotatable bonds is 1. The Kier molecular flexibility index (Phi) is 3.07. The van der Waals surface area contributed by atoms with Gasteiger partial charge < -0.3 is 16.9 Å². The Hall–Kier alpha value is 0.540. The molecule has 1 nitrogen and oxygen atoms in total. The highest BCUT2D eigenvalue weighted by molar-refractivity contribution is 6.17. The van der Waals surface area contributed by atoms with Gasteiger partial charge in [0, 0.05) is 25.7 Å². The lowest BCUT2D eigenvalue weighted by molar-refractivity contribution is -0.916. The normalized spacial score (nSPS) is 41.7. The Morgan fingerprint density at radius 3 is 2.09 bits per heavy atom. The van der Waals surface area contributed by atoms with E-state index in [1.165, 1.54) is 43.3 Å². The van der Waals surface area contributed by atoms with Gasteiger partial charge in [0.05, 0.1) is 19.1 Å². The van der Waals surface area contributed by atoms with Gasteiger partial charge in [-0.15, -0.1) is 0 Å². The molecule has 2 aliphatic heterocycles. The third kappa shape index (κ3) is 1.39. The smallest absolute Gasteiger partial charge is 0.155 e. The van der Waals surface area contributed by atoms with Gasteiger partial charge in [-0.2, -0.15) is 0 Å². The van der Waals surface area contributed by atoms with E-state index in [1.54, 1.807) is 0 Å². The lowest BCUT2D eigenvalue weighted by atomic mass is 10.2. The van der Waals surface area contributed by atoms with E-state index in [0.29, 0.717) is 0 Å². The molecule has 2 aliphatic rings. The Morgan fingerprint density at radius 1 is 1.18 bits per heavy atom. The van der Waals surface area contributed by atoms with E-state index in [4.69, 9.17) is 11.6 Å². The fourth-order valence-electron chi connectivity index (χ4n) is 2.67. The van der Waals surface area contributed by atoms with Crippen molar-refractivity contribution >= 4 is 11.6 Å². The molecule has 2 heterocycles. The standard InChI is InChI=1S/C8H15ClN.ClH/c9-7-10-5-1-3-8(10)4-2-6-10;/h8H,1-7H2;1H/q+1;/p-1. The van der Waals surface area contributed by atoms with Gasteiger partial charge in [-0.1, -0.05) is 11.6 Å². The van der Waals surface area contributed by atoms with Crippen molar-refractivity contribution in [2.45, 2.75) is 31.7 Å². The lowest BCUT2D eigenvalue weighted by Gasteiger charge is -2.31. The highest BCUT2D eigenvalue weighted by atomic mass is 35.5. The molecule has 0 bridgehead atoms. The minimum Gasteiger partial charge on any atom is -1.00 e. The van der Waals surface area contributed by atoms with E-state index in [1.807, 2.05) is 0 Å². The van der Waals surface area contributed by atoms with E-state index in [-0.39, 0.29) is 12.4 Å². The van der Waals surface area contributed by atoms with Gasteiger partial charge in [0.15, 0.2) is 6.00 Å². The van der Waals surface area contributed by atoms with Gasteiger partial charge in [-0.05, 0) is 0 Å². The molecule has 0 aromatic rings. The fraction of sp³-hybridized carbons (Fsp3) is 1.00. The van der Waals surface area contributed by atoms with Gasteiger partial charge >= 0.3 is 0 Å². The molecule has 0 aromatic carbocycles. The van der Waals surface area contributed by atoms with Crippen LogP contribution in [0.1, 0.15) is 25.7 Å². The molecule has 0 radical (unpaired) electrons. The largest absolute Gasteiger partial charge is 1.00 e. The number of fused-ring (bicyclic) bond motifs is 1. The second-order valence-corrected chi connectivity index (χ2v) is 3.96. The molecule has 0 saturated carbocycles. The van der Waals surface area contributed by atoms with Crippen LogP contribution < -0.4 is 12.4 Å². The maximum Gasteiger partial charge on any atom is 0.155 e. The summed E-state index contributed by atoms with van der Waals surface area (Å²) < 4.78 is 1.25. The third-order valence-corrected chi connectivity index (χ3v) is 3.77. The van der Waals surface area contributed by atoms with Crippen LogP contribution in [0.5, 0.6) is 0 Å². The zero-order valence-corrected chi connectivity index (χ0v) is 8.24. The monoisotopic (exact) mass is 195 g/mol. The maximum absolute atomic E-state index is 5.97. The molecule has 3 heteroatoms. The Balaban J connectivity index is 0.000000605. The molecule has 0 aromatic heterocycles. The first kappa shape index (κ1) is 9.63. The minimum absolute atomic E-state index is 0. The van der Waals surface area contributed by atoms with Crippen molar-refractivity contribution in [1.29, 1.82) is 0 Å². The highest BCUT2D eigenvalue weighted by Crippen LogP contribution is 2.36. The van der Waals surface area contributed by atoms with Gasteiger partial charge in [0.1, 0.15) is 0 Å². The van der Waals surface area contributed by atoms with Crippen LogP contribution in [0, 0.1) is 0 Å². The van der Waals surface area contributed by atoms with Crippen molar-refractivity contribution in [3.63, 3.8) is 0 Å². The second-order valence-electron chi connectivity index (χ2n) is 3.72. The number of alkyl halides is 1. The van der Waals surface area contributed by atoms with Gasteiger partial charge in [0.2, 0.25) is 0 Å². The van der Waals surface area contributed by atoms with Gasteiger partial charge in [-0.3, -0.25) is 0 Å². The molecule has 0 aliphatic carbocycles. The molecular weight excluding hydrogens is 181 g/mol. The lowest BCUT2D eigenvalue weighted by Crippen LogP contribution is -3.00. The molecule has 66 valence electrons. The molecule has 0 unspecified atom stereocenters. The number of halogens is 2. The van der Waals surface area contributed by atoms with Crippen LogP contribution >= 0.6 is 11.6 Å². The third-order valence-electron chi connectivity index (χ3n) is 3.29. The van der Waals surface area contributed by atoms with Crippen molar-refractivity contribution in [2.75, 3.05) is 19.1 Å². The van der Waals surface area contributed by atoms with Crippen LogP contribution in [0.15, 0.2) is 0 Å². The average Bonchev–Trinajstić information content (AvgIpc) is 2.42. The van der Waals surface area contributed by atoms with E-state index in [0.717, 1.165) is 12.0 Å². The van der Waals surface area contributed by atoms with E-state index < -0.39 is 0 Å². The summed E-state index contributed by atoms with van der Waals surface area (Å²) in [7, 11) is 0. The summed E-state index contributed by atoms with van der Waals surface area (Å²) in [5.41, 5.74) is 0. The topological polar surface area (TPSA) is 0 Å². The summed E-state index contributed by atoms with van der Waals surface area (Å²) in [5, 5.41) is 0. The van der Waals surface area contributed by atoms with Gasteiger partial charge in [0.25, 0.3) is 0 Å². The molecule has 0 N–H and O–H groups in total. The number of nitrogens with zero attached hydrogens (tertiary/aromatic N) is 1. The molecule has 2 saturated heterocycles. The molecule has 0 atom stereocenters. The van der Waals surface area contributed by atoms with Crippen LogP contribution in [0.2, 0.25) is 0 Å². The minimum atomic E-state index is 0. The zero-order valence-electron chi connectivity index (χ0n) is 6.73. The fourth-order valence-corrected chi connectivity index (χ4v) is 3.10. The summed E-state index contributed by atoms with van der Waals surface area (Å²) in [4.78, 5) is 0. The van der Waals surface area contributed by atoms with Crippen molar-refractivity contribution < 1.29 is 16.9 Å². The Bertz CT molecular complexity index is 128. The second kappa shape index (κ2) is 3.51. The molecule has 2 rings (SSSR count). The summed E-state index contributed by atoms with van der Waals surface area (Å²) >= 11 is 5.97. The zero-order chi connectivity index (χ0) is 7.03. The van der Waals surface area contributed by atoms with Crippen molar-refractivity contribution in [2.24, 2.45) is 0 Å². The van der Waals surface area contributed by atoms with Gasteiger partial charge in [-0.25, -0.2) is 0 Å². The van der Waals surface area contributed by atoms with Crippen LogP contribution in [0.25, 0.3) is 0 Å². The summed E-state index contributed by atoms with van der Waals surface area (Å²) in [6, 6.07) is 1.81. The van der Waals surface area contributed by atoms with Crippen LogP contribution in [-0.2, 0) is 0 Å². The average molecular weight is 196 g/mol. The van der Waals surface area contributed by atoms with Crippen LogP contribution in [-0.4, -0.2) is 29.6 Å². The molecule has 11 heavy (non-hydrogen) atoms. The number of quaternary nitrogens is 1. The predicted molar refractivity (Wildman–Crippen MR) is 43.0 cm³/mol. The van der Waals surface area contributed by atoms with E-state index in [2.05, 4.69) is 0 Å². The van der Waals surface area contributed by atoms with Crippen molar-refractivity contribution in [3.05, 3.63) is 0 Å². The Morgan fingerprint density at radius 2 is 1.73 bits per heavy atom. The molecule has 0 amide bonds. The first-order valence-electron chi connectivity index (χ1n) is 4.29. The highest BCUT2D eigenvalue weighted by Gasteiger charge is 2.44. The Labute approximate surface area is 79.7 Å². The van der Waals surface area contributed by atoms with E-state index >= 15 is 0 Å². The molecular formula is C8H15Cl2N. The number of hydrogen-bond acceptors (Lipinski definition) is 0. The first-order valence-corrected chi connectivity index (χ1v) is 4.83. The summed E-state index contributed by atoms with van der Waals surface area (Å²) in [6.45, 7) is 2.71. The number of hydrogen-bond donors (Lipinski definition) is 0. The first-order chi connectivity index (χ1) is 4.87. The predicted octanol–water partition coefficient (Wildman–Crippen LogP) is -1.04. The maximum atomic E-state index is 5.97. The summed E-state index contributed by atoms with van der Waals surface area (Å²) in [6.07, 6.45) is 5.70. The molecule has 2 fully saturated rings. The quantitative estimate of drug-likeness (QED) is 0.285. The van der Waals surface area contributed by atoms with Crippen molar-refractivity contribution in [1.82, 2.24) is 0 Å². The van der Waals surface area contributed by atoms with Crippen LogP contribution in [0.3, 0.4) is 0 Å². The summed E-state index contributed by atoms with van der Waals surface area (Å²) in [5.74, 6) is 0. The SMILES string of the molecule is ClC[N+]12CCCC1CCC2.[Cl-]. The molecule has 0 spiro atoms. The van der Waals surface area contributed by atoms with Crippen LogP contribution in [0.4, 0.5) is 0 Å². The van der Waals surface area contributed by atoms with Crippen molar-refractivity contribution in [3.8, 4) is 0 Å².